The van der Waals surface area contributed by atoms with Gasteiger partial charge in [-0.25, -0.2) is 0 Å². The molecule has 0 nitrogen and oxygen atoms in total. The van der Waals surface area contributed by atoms with E-state index in [1.165, 1.54) is 77.2 Å². The highest BCUT2D eigenvalue weighted by Crippen LogP contribution is 2.47. The molecule has 193 valence electrons. The van der Waals surface area contributed by atoms with Crippen LogP contribution in [0.25, 0.3) is 56.0 Å². The number of rotatable bonds is 4. The average Bonchev–Trinajstić information content (AvgIpc) is 3.51. The molecule has 8 rings (SSSR count). The lowest BCUT2D eigenvalue weighted by molar-refractivity contribution is 1.04. The molecular formula is C40H30B. The molecular weight excluding hydrogens is 491 g/mol. The summed E-state index contributed by atoms with van der Waals surface area (Å²) in [5.74, 6) is 0.584. The Labute approximate surface area is 242 Å². The third-order valence-electron chi connectivity index (χ3n) is 9.22. The molecule has 41 heavy (non-hydrogen) atoms. The van der Waals surface area contributed by atoms with Crippen LogP contribution in [0.5, 0.6) is 0 Å². The van der Waals surface area contributed by atoms with Crippen molar-refractivity contribution in [2.24, 2.45) is 0 Å². The van der Waals surface area contributed by atoms with E-state index < -0.39 is 0 Å². The van der Waals surface area contributed by atoms with Gasteiger partial charge in [0.1, 0.15) is 7.28 Å². The van der Waals surface area contributed by atoms with Gasteiger partial charge in [-0.2, -0.15) is 0 Å². The van der Waals surface area contributed by atoms with Gasteiger partial charge in [0.05, 0.1) is 0 Å². The first kappa shape index (κ1) is 24.2. The lowest BCUT2D eigenvalue weighted by Gasteiger charge is -2.22. The summed E-state index contributed by atoms with van der Waals surface area (Å²) in [6, 6.07) is 44.5. The van der Waals surface area contributed by atoms with E-state index in [9.17, 15) is 0 Å². The van der Waals surface area contributed by atoms with Gasteiger partial charge >= 0.3 is 0 Å². The van der Waals surface area contributed by atoms with Gasteiger partial charge in [-0.3, -0.25) is 0 Å². The standard InChI is InChI=1S/C40H30B/c1-25-23-37-33(31-17-7-13-27-11-3-5-15-29(27)31)19-9-21-35(37)39(25)41-40-26(2)24-38-34(20-10-22-36(38)40)32-18-8-14-28-12-4-6-16-30(28)32/h3-24,39-40H,1-2H3. The SMILES string of the molecule is CC1=Cc2c(-c3cccc4ccccc34)cccc2C1[B]C1C(C)=Cc2c(-c3cccc4ccccc34)cccc21. The molecule has 0 fully saturated rings. The maximum atomic E-state index is 2.59. The molecule has 2 atom stereocenters. The van der Waals surface area contributed by atoms with Crippen molar-refractivity contribution >= 4 is 41.0 Å². The minimum atomic E-state index is 0.292. The van der Waals surface area contributed by atoms with Crippen molar-refractivity contribution in [3.63, 3.8) is 0 Å². The summed E-state index contributed by atoms with van der Waals surface area (Å²) < 4.78 is 0. The molecule has 0 heterocycles. The van der Waals surface area contributed by atoms with Crippen LogP contribution in [0.1, 0.15) is 47.7 Å². The van der Waals surface area contributed by atoms with E-state index in [-0.39, 0.29) is 0 Å². The van der Waals surface area contributed by atoms with Crippen molar-refractivity contribution < 1.29 is 0 Å². The van der Waals surface area contributed by atoms with Gasteiger partial charge in [0.25, 0.3) is 0 Å². The van der Waals surface area contributed by atoms with E-state index in [1.54, 1.807) is 0 Å². The minimum absolute atomic E-state index is 0.292. The zero-order valence-electron chi connectivity index (χ0n) is 23.4. The third kappa shape index (κ3) is 3.84. The van der Waals surface area contributed by atoms with Crippen molar-refractivity contribution in [3.8, 4) is 22.3 Å². The van der Waals surface area contributed by atoms with Crippen molar-refractivity contribution in [2.45, 2.75) is 25.5 Å². The van der Waals surface area contributed by atoms with Crippen LogP contribution >= 0.6 is 0 Å². The van der Waals surface area contributed by atoms with E-state index in [4.69, 9.17) is 0 Å². The maximum absolute atomic E-state index is 2.59. The molecule has 0 bridgehead atoms. The first-order valence-electron chi connectivity index (χ1n) is 14.6. The Morgan fingerprint density at radius 3 is 1.29 bits per heavy atom. The van der Waals surface area contributed by atoms with E-state index in [0.717, 1.165) is 0 Å². The molecule has 2 aliphatic rings. The monoisotopic (exact) mass is 521 g/mol. The highest BCUT2D eigenvalue weighted by atomic mass is 14.3. The fourth-order valence-corrected chi connectivity index (χ4v) is 7.25. The molecule has 0 N–H and O–H groups in total. The first-order valence-corrected chi connectivity index (χ1v) is 14.6. The Morgan fingerprint density at radius 1 is 0.415 bits per heavy atom. The van der Waals surface area contributed by atoms with Crippen LogP contribution in [0.4, 0.5) is 0 Å². The molecule has 0 saturated heterocycles. The lowest BCUT2D eigenvalue weighted by atomic mass is 9.49. The van der Waals surface area contributed by atoms with Crippen LogP contribution in [0.15, 0.2) is 132 Å². The van der Waals surface area contributed by atoms with Crippen LogP contribution in [0.2, 0.25) is 0 Å². The van der Waals surface area contributed by atoms with E-state index in [0.29, 0.717) is 11.6 Å². The smallest absolute Gasteiger partial charge is 0.0732 e. The van der Waals surface area contributed by atoms with Gasteiger partial charge in [-0.1, -0.05) is 145 Å². The average molecular weight is 521 g/mol. The topological polar surface area (TPSA) is 0 Å². The summed E-state index contributed by atoms with van der Waals surface area (Å²) in [5, 5.41) is 5.20. The quantitative estimate of drug-likeness (QED) is 0.202. The first-order chi connectivity index (χ1) is 20.2. The van der Waals surface area contributed by atoms with E-state index in [1.807, 2.05) is 0 Å². The second kappa shape index (κ2) is 9.49. The molecule has 1 radical (unpaired) electrons. The second-order valence-corrected chi connectivity index (χ2v) is 11.6. The molecule has 2 aliphatic carbocycles. The predicted octanol–water partition coefficient (Wildman–Crippen LogP) is 10.6. The second-order valence-electron chi connectivity index (χ2n) is 11.6. The van der Waals surface area contributed by atoms with Crippen LogP contribution in [0, 0.1) is 0 Å². The Kier molecular flexibility index (Phi) is 5.60. The fourth-order valence-electron chi connectivity index (χ4n) is 7.25. The van der Waals surface area contributed by atoms with Crippen LogP contribution < -0.4 is 0 Å². The number of hydrogen-bond donors (Lipinski definition) is 0. The Balaban J connectivity index is 1.19. The van der Waals surface area contributed by atoms with Crippen molar-refractivity contribution in [3.05, 3.63) is 155 Å². The number of benzene rings is 6. The van der Waals surface area contributed by atoms with Gasteiger partial charge in [0, 0.05) is 0 Å². The molecule has 1 heteroatoms. The van der Waals surface area contributed by atoms with E-state index >= 15 is 0 Å². The zero-order chi connectivity index (χ0) is 27.5. The van der Waals surface area contributed by atoms with Gasteiger partial charge in [-0.05, 0) is 91.5 Å². The largest absolute Gasteiger partial charge is 0.140 e. The molecule has 6 aromatic carbocycles. The highest BCUT2D eigenvalue weighted by Gasteiger charge is 2.33. The van der Waals surface area contributed by atoms with Crippen LogP contribution in [0.3, 0.4) is 0 Å². The summed E-state index contributed by atoms with van der Waals surface area (Å²) in [5.41, 5.74) is 13.7. The molecule has 0 spiro atoms. The number of hydrogen-bond acceptors (Lipinski definition) is 0. The predicted molar refractivity (Wildman–Crippen MR) is 177 cm³/mol. The number of fused-ring (bicyclic) bond motifs is 4. The van der Waals surface area contributed by atoms with Crippen molar-refractivity contribution in [1.29, 1.82) is 0 Å². The van der Waals surface area contributed by atoms with Gasteiger partial charge in [-0.15, -0.1) is 0 Å². The normalized spacial score (nSPS) is 17.3. The summed E-state index contributed by atoms with van der Waals surface area (Å²) >= 11 is 0. The summed E-state index contributed by atoms with van der Waals surface area (Å²) in [7, 11) is 2.59. The molecule has 6 aromatic rings. The number of allylic oxidation sites excluding steroid dienone is 2. The molecule has 0 saturated carbocycles. The van der Waals surface area contributed by atoms with Gasteiger partial charge in [0.15, 0.2) is 0 Å². The molecule has 2 unspecified atom stereocenters. The third-order valence-corrected chi connectivity index (χ3v) is 9.22. The lowest BCUT2D eigenvalue weighted by Crippen LogP contribution is -2.16. The Bertz CT molecular complexity index is 1900. The van der Waals surface area contributed by atoms with Crippen molar-refractivity contribution in [1.82, 2.24) is 0 Å². The maximum Gasteiger partial charge on any atom is 0.140 e. The van der Waals surface area contributed by atoms with E-state index in [2.05, 4.69) is 155 Å². The molecule has 0 amide bonds. The summed E-state index contributed by atoms with van der Waals surface area (Å²) in [4.78, 5) is 0. The fraction of sp³-hybridized carbons (Fsp3) is 0.100. The molecule has 0 aliphatic heterocycles. The summed E-state index contributed by atoms with van der Waals surface area (Å²) in [6.07, 6.45) is 4.85. The van der Waals surface area contributed by atoms with Crippen LogP contribution in [-0.2, 0) is 0 Å². The molecule has 0 aromatic heterocycles. The van der Waals surface area contributed by atoms with Crippen molar-refractivity contribution in [2.75, 3.05) is 0 Å². The Morgan fingerprint density at radius 2 is 0.805 bits per heavy atom. The van der Waals surface area contributed by atoms with Gasteiger partial charge in [0.2, 0.25) is 0 Å². The Hall–Kier alpha value is -4.62. The zero-order valence-corrected chi connectivity index (χ0v) is 23.4. The van der Waals surface area contributed by atoms with Gasteiger partial charge < -0.3 is 0 Å². The summed E-state index contributed by atoms with van der Waals surface area (Å²) in [6.45, 7) is 4.60. The van der Waals surface area contributed by atoms with Crippen LogP contribution in [-0.4, -0.2) is 7.28 Å². The highest BCUT2D eigenvalue weighted by molar-refractivity contribution is 6.44. The minimum Gasteiger partial charge on any atom is -0.0732 e.